The molecule has 0 aliphatic rings. The summed E-state index contributed by atoms with van der Waals surface area (Å²) in [5.41, 5.74) is 10.2. The van der Waals surface area contributed by atoms with Gasteiger partial charge in [0.25, 0.3) is 0 Å². The van der Waals surface area contributed by atoms with E-state index in [1.807, 2.05) is 0 Å². The largest absolute Gasteiger partial charge is 0.323 e. The van der Waals surface area contributed by atoms with Crippen LogP contribution in [0.4, 0.5) is 0 Å². The van der Waals surface area contributed by atoms with Crippen LogP contribution in [0.1, 0.15) is 49.4 Å². The average molecular weight is 248 g/mol. The number of hydrogen-bond acceptors (Lipinski definition) is 2. The van der Waals surface area contributed by atoms with E-state index in [0.29, 0.717) is 6.04 Å². The maximum Gasteiger partial charge on any atom is 0.0426 e. The summed E-state index contributed by atoms with van der Waals surface area (Å²) in [4.78, 5) is 2.37. The van der Waals surface area contributed by atoms with Crippen LogP contribution >= 0.6 is 0 Å². The van der Waals surface area contributed by atoms with Crippen LogP contribution in [-0.4, -0.2) is 24.5 Å². The molecular formula is C16H28N2. The summed E-state index contributed by atoms with van der Waals surface area (Å²) in [7, 11) is 2.17. The Balaban J connectivity index is 2.67. The molecule has 0 aliphatic heterocycles. The van der Waals surface area contributed by atoms with Crippen molar-refractivity contribution in [1.29, 1.82) is 0 Å². The number of likely N-dealkylation sites (N-methyl/N-ethyl adjacent to an activating group) is 1. The summed E-state index contributed by atoms with van der Waals surface area (Å²) >= 11 is 0. The lowest BCUT2D eigenvalue weighted by molar-refractivity contribution is 0.231. The topological polar surface area (TPSA) is 29.3 Å². The summed E-state index contributed by atoms with van der Waals surface area (Å²) in [6, 6.07) is 7.25. The van der Waals surface area contributed by atoms with Crippen molar-refractivity contribution < 1.29 is 0 Å². The molecule has 2 unspecified atom stereocenters. The van der Waals surface area contributed by atoms with Gasteiger partial charge in [0, 0.05) is 18.6 Å². The third-order valence-electron chi connectivity index (χ3n) is 3.77. The molecule has 0 aliphatic carbocycles. The molecule has 0 aromatic heterocycles. The van der Waals surface area contributed by atoms with Crippen LogP contribution in [0.15, 0.2) is 18.2 Å². The number of benzene rings is 1. The molecule has 102 valence electrons. The molecular weight excluding hydrogens is 220 g/mol. The van der Waals surface area contributed by atoms with Crippen LogP contribution < -0.4 is 5.73 Å². The van der Waals surface area contributed by atoms with Gasteiger partial charge in [-0.05, 0) is 45.4 Å². The Morgan fingerprint density at radius 1 is 1.28 bits per heavy atom. The molecule has 2 N–H and O–H groups in total. The van der Waals surface area contributed by atoms with Crippen molar-refractivity contribution in [3.8, 4) is 0 Å². The molecule has 0 saturated carbocycles. The van der Waals surface area contributed by atoms with E-state index in [1.54, 1.807) is 0 Å². The Morgan fingerprint density at radius 3 is 2.50 bits per heavy atom. The van der Waals surface area contributed by atoms with Crippen molar-refractivity contribution in [2.45, 2.75) is 52.6 Å². The zero-order valence-corrected chi connectivity index (χ0v) is 12.5. The molecule has 2 atom stereocenters. The van der Waals surface area contributed by atoms with Crippen LogP contribution in [-0.2, 0) is 0 Å². The van der Waals surface area contributed by atoms with E-state index >= 15 is 0 Å². The second kappa shape index (κ2) is 6.91. The predicted molar refractivity (Wildman–Crippen MR) is 79.8 cm³/mol. The fourth-order valence-electron chi connectivity index (χ4n) is 2.47. The first-order chi connectivity index (χ1) is 8.45. The second-order valence-corrected chi connectivity index (χ2v) is 5.54. The van der Waals surface area contributed by atoms with Gasteiger partial charge in [-0.3, -0.25) is 0 Å². The van der Waals surface area contributed by atoms with Gasteiger partial charge in [0.2, 0.25) is 0 Å². The molecule has 1 rings (SSSR count). The van der Waals surface area contributed by atoms with E-state index in [4.69, 9.17) is 5.73 Å². The van der Waals surface area contributed by atoms with Crippen molar-refractivity contribution >= 4 is 0 Å². The number of hydrogen-bond donors (Lipinski definition) is 1. The maximum atomic E-state index is 6.34. The molecule has 2 heteroatoms. The number of aryl methyl sites for hydroxylation is 2. The first-order valence-electron chi connectivity index (χ1n) is 6.98. The fraction of sp³-hybridized carbons (Fsp3) is 0.625. The summed E-state index contributed by atoms with van der Waals surface area (Å²) in [5.74, 6) is 0. The van der Waals surface area contributed by atoms with Crippen molar-refractivity contribution in [2.75, 3.05) is 13.6 Å². The van der Waals surface area contributed by atoms with Gasteiger partial charge in [-0.2, -0.15) is 0 Å². The summed E-state index contributed by atoms with van der Waals surface area (Å²) < 4.78 is 0. The predicted octanol–water partition coefficient (Wildman–Crippen LogP) is 3.42. The zero-order valence-electron chi connectivity index (χ0n) is 12.5. The van der Waals surface area contributed by atoms with Crippen molar-refractivity contribution in [3.63, 3.8) is 0 Å². The summed E-state index contributed by atoms with van der Waals surface area (Å²) in [5, 5.41) is 0. The Labute approximate surface area is 112 Å². The molecule has 18 heavy (non-hydrogen) atoms. The van der Waals surface area contributed by atoms with Gasteiger partial charge >= 0.3 is 0 Å². The second-order valence-electron chi connectivity index (χ2n) is 5.54. The summed E-state index contributed by atoms with van der Waals surface area (Å²) in [6.07, 6.45) is 2.46. The van der Waals surface area contributed by atoms with Gasteiger partial charge in [-0.25, -0.2) is 0 Å². The van der Waals surface area contributed by atoms with Crippen molar-refractivity contribution in [3.05, 3.63) is 34.9 Å². The van der Waals surface area contributed by atoms with E-state index in [2.05, 4.69) is 57.8 Å². The van der Waals surface area contributed by atoms with Crippen LogP contribution in [0, 0.1) is 13.8 Å². The highest BCUT2D eigenvalue weighted by Crippen LogP contribution is 2.19. The lowest BCUT2D eigenvalue weighted by Gasteiger charge is -2.28. The Kier molecular flexibility index (Phi) is 5.83. The molecule has 0 heterocycles. The Bertz CT molecular complexity index is 373. The van der Waals surface area contributed by atoms with E-state index in [0.717, 1.165) is 6.54 Å². The quantitative estimate of drug-likeness (QED) is 0.836. The van der Waals surface area contributed by atoms with Gasteiger partial charge in [-0.1, -0.05) is 37.1 Å². The van der Waals surface area contributed by atoms with E-state index in [9.17, 15) is 0 Å². The number of nitrogens with zero attached hydrogens (tertiary/aromatic N) is 1. The van der Waals surface area contributed by atoms with E-state index < -0.39 is 0 Å². The minimum atomic E-state index is 0.106. The van der Waals surface area contributed by atoms with Crippen molar-refractivity contribution in [2.24, 2.45) is 5.73 Å². The molecule has 1 aromatic carbocycles. The third-order valence-corrected chi connectivity index (χ3v) is 3.77. The molecule has 0 bridgehead atoms. The number of nitrogens with two attached hydrogens (primary N) is 1. The molecule has 0 spiro atoms. The molecule has 2 nitrogen and oxygen atoms in total. The zero-order chi connectivity index (χ0) is 13.7. The van der Waals surface area contributed by atoms with Gasteiger partial charge < -0.3 is 10.6 Å². The molecule has 0 radical (unpaired) electrons. The number of rotatable bonds is 6. The van der Waals surface area contributed by atoms with Gasteiger partial charge in [-0.15, -0.1) is 0 Å². The molecule has 0 amide bonds. The summed E-state index contributed by atoms with van der Waals surface area (Å²) in [6.45, 7) is 9.70. The SMILES string of the molecule is CCCC(C)N(C)CC(N)c1ccc(C)cc1C. The third kappa shape index (κ3) is 4.11. The first-order valence-corrected chi connectivity index (χ1v) is 6.98. The van der Waals surface area contributed by atoms with Gasteiger partial charge in [0.15, 0.2) is 0 Å². The highest BCUT2D eigenvalue weighted by Gasteiger charge is 2.15. The van der Waals surface area contributed by atoms with Crippen LogP contribution in [0.25, 0.3) is 0 Å². The highest BCUT2D eigenvalue weighted by atomic mass is 15.1. The highest BCUT2D eigenvalue weighted by molar-refractivity contribution is 5.32. The van der Waals surface area contributed by atoms with Crippen LogP contribution in [0.2, 0.25) is 0 Å². The van der Waals surface area contributed by atoms with Gasteiger partial charge in [0.1, 0.15) is 0 Å². The molecule has 1 aromatic rings. The maximum absolute atomic E-state index is 6.34. The Hall–Kier alpha value is -0.860. The van der Waals surface area contributed by atoms with E-state index in [1.165, 1.54) is 29.5 Å². The lowest BCUT2D eigenvalue weighted by atomic mass is 9.99. The van der Waals surface area contributed by atoms with Gasteiger partial charge in [0.05, 0.1) is 0 Å². The molecule has 0 saturated heterocycles. The normalized spacial score (nSPS) is 14.8. The standard InChI is InChI=1S/C16H28N2/c1-6-7-14(4)18(5)11-16(17)15-9-8-12(2)10-13(15)3/h8-10,14,16H,6-7,11,17H2,1-5H3. The van der Waals surface area contributed by atoms with Crippen molar-refractivity contribution in [1.82, 2.24) is 4.90 Å². The monoisotopic (exact) mass is 248 g/mol. The lowest BCUT2D eigenvalue weighted by Crippen LogP contribution is -2.35. The minimum Gasteiger partial charge on any atom is -0.323 e. The first kappa shape index (κ1) is 15.2. The van der Waals surface area contributed by atoms with Crippen LogP contribution in [0.3, 0.4) is 0 Å². The Morgan fingerprint density at radius 2 is 1.94 bits per heavy atom. The minimum absolute atomic E-state index is 0.106. The molecule has 0 fully saturated rings. The van der Waals surface area contributed by atoms with E-state index in [-0.39, 0.29) is 6.04 Å². The van der Waals surface area contributed by atoms with Crippen LogP contribution in [0.5, 0.6) is 0 Å². The average Bonchev–Trinajstić information content (AvgIpc) is 2.28. The fourth-order valence-corrected chi connectivity index (χ4v) is 2.47. The smallest absolute Gasteiger partial charge is 0.0426 e.